The zero-order valence-electron chi connectivity index (χ0n) is 14.9. The zero-order chi connectivity index (χ0) is 18.5. The van der Waals surface area contributed by atoms with Gasteiger partial charge in [0.1, 0.15) is 5.69 Å². The summed E-state index contributed by atoms with van der Waals surface area (Å²) < 4.78 is 11.7. The smallest absolute Gasteiger partial charge is 0.354 e. The summed E-state index contributed by atoms with van der Waals surface area (Å²) in [5, 5.41) is 3.82. The van der Waals surface area contributed by atoms with E-state index < -0.39 is 0 Å². The molecule has 0 unspecified atom stereocenters. The van der Waals surface area contributed by atoms with Gasteiger partial charge in [-0.1, -0.05) is 5.16 Å². The van der Waals surface area contributed by atoms with E-state index in [0.717, 1.165) is 12.8 Å². The van der Waals surface area contributed by atoms with Crippen LogP contribution in [0.2, 0.25) is 0 Å². The molecule has 140 valence electrons. The van der Waals surface area contributed by atoms with E-state index in [-0.39, 0.29) is 17.9 Å². The molecule has 26 heavy (non-hydrogen) atoms. The third kappa shape index (κ3) is 4.27. The quantitative estimate of drug-likeness (QED) is 0.711. The summed E-state index contributed by atoms with van der Waals surface area (Å²) in [5.41, 5.74) is 0.559. The minimum atomic E-state index is -0.332. The third-order valence-corrected chi connectivity index (χ3v) is 5.32. The number of aryl methyl sites for hydroxylation is 1. The second-order valence-electron chi connectivity index (χ2n) is 6.13. The van der Waals surface area contributed by atoms with Crippen LogP contribution in [0.5, 0.6) is 0 Å². The summed E-state index contributed by atoms with van der Waals surface area (Å²) in [6.45, 7) is 3.11. The summed E-state index contributed by atoms with van der Waals surface area (Å²) in [4.78, 5) is 30.2. The van der Waals surface area contributed by atoms with Gasteiger partial charge in [-0.2, -0.15) is 4.98 Å². The molecular weight excluding hydrogens is 356 g/mol. The summed E-state index contributed by atoms with van der Waals surface area (Å²) >= 11 is 1.49. The first-order valence-corrected chi connectivity index (χ1v) is 9.64. The molecule has 0 aliphatic carbocycles. The molecule has 1 aliphatic heterocycles. The first-order valence-electron chi connectivity index (χ1n) is 8.48. The van der Waals surface area contributed by atoms with Crippen molar-refractivity contribution in [1.82, 2.24) is 19.6 Å². The number of carbonyl (C=O) groups excluding carboxylic acids is 2. The van der Waals surface area contributed by atoms with Crippen molar-refractivity contribution >= 4 is 23.6 Å². The van der Waals surface area contributed by atoms with E-state index in [2.05, 4.69) is 10.1 Å². The van der Waals surface area contributed by atoms with Gasteiger partial charge in [0.15, 0.2) is 5.82 Å². The molecule has 9 heteroatoms. The van der Waals surface area contributed by atoms with Crippen molar-refractivity contribution in [3.05, 3.63) is 35.7 Å². The number of piperidine rings is 1. The Hall–Kier alpha value is -2.29. The summed E-state index contributed by atoms with van der Waals surface area (Å²) in [5.74, 6) is 1.89. The predicted molar refractivity (Wildman–Crippen MR) is 95.8 cm³/mol. The van der Waals surface area contributed by atoms with Gasteiger partial charge in [-0.05, 0) is 25.0 Å². The van der Waals surface area contributed by atoms with Crippen molar-refractivity contribution in [3.63, 3.8) is 0 Å². The molecule has 8 nitrogen and oxygen atoms in total. The van der Waals surface area contributed by atoms with Crippen LogP contribution in [0.1, 0.15) is 41.1 Å². The number of hydrogen-bond acceptors (Lipinski definition) is 7. The number of ether oxygens (including phenoxy) is 1. The van der Waals surface area contributed by atoms with Gasteiger partial charge in [-0.3, -0.25) is 4.79 Å². The molecule has 1 fully saturated rings. The van der Waals surface area contributed by atoms with Crippen molar-refractivity contribution in [1.29, 1.82) is 0 Å². The lowest BCUT2D eigenvalue weighted by Gasteiger charge is -2.33. The molecule has 0 saturated carbocycles. The van der Waals surface area contributed by atoms with Crippen LogP contribution in [0.25, 0.3) is 0 Å². The molecule has 0 aromatic carbocycles. The molecule has 0 N–H and O–H groups in total. The fourth-order valence-corrected chi connectivity index (χ4v) is 3.86. The summed E-state index contributed by atoms with van der Waals surface area (Å²) in [7, 11) is 1.38. The van der Waals surface area contributed by atoms with Crippen molar-refractivity contribution < 1.29 is 18.8 Å². The Morgan fingerprint density at radius 3 is 2.81 bits per heavy atom. The van der Waals surface area contributed by atoms with Crippen LogP contribution >= 0.6 is 11.8 Å². The average molecular weight is 378 g/mol. The highest BCUT2D eigenvalue weighted by Gasteiger charge is 2.26. The van der Waals surface area contributed by atoms with Crippen LogP contribution < -0.4 is 0 Å². The van der Waals surface area contributed by atoms with Crippen LogP contribution in [0.3, 0.4) is 0 Å². The van der Waals surface area contributed by atoms with Gasteiger partial charge in [0.05, 0.1) is 18.6 Å². The largest absolute Gasteiger partial charge is 0.464 e. The van der Waals surface area contributed by atoms with E-state index in [9.17, 15) is 9.59 Å². The van der Waals surface area contributed by atoms with Gasteiger partial charge in [-0.15, -0.1) is 11.8 Å². The number of amides is 1. The highest BCUT2D eigenvalue weighted by atomic mass is 32.2. The number of carbonyl (C=O) groups is 2. The number of rotatable bonds is 6. The van der Waals surface area contributed by atoms with E-state index in [1.165, 1.54) is 18.9 Å². The minimum Gasteiger partial charge on any atom is -0.464 e. The van der Waals surface area contributed by atoms with E-state index in [0.29, 0.717) is 42.0 Å². The number of nitrogens with zero attached hydrogens (tertiary/aromatic N) is 4. The molecule has 0 bridgehead atoms. The Labute approximate surface area is 155 Å². The van der Waals surface area contributed by atoms with Crippen LogP contribution in [-0.4, -0.2) is 57.4 Å². The Balaban J connectivity index is 1.46. The predicted octanol–water partition coefficient (Wildman–Crippen LogP) is 2.06. The maximum Gasteiger partial charge on any atom is 0.354 e. The van der Waals surface area contributed by atoms with Crippen molar-refractivity contribution in [2.24, 2.45) is 0 Å². The first-order chi connectivity index (χ1) is 12.6. The minimum absolute atomic E-state index is 0.120. The maximum absolute atomic E-state index is 12.4. The monoisotopic (exact) mass is 378 g/mol. The molecule has 1 saturated heterocycles. The Morgan fingerprint density at radius 2 is 2.15 bits per heavy atom. The topological polar surface area (TPSA) is 90.5 Å². The van der Waals surface area contributed by atoms with Crippen LogP contribution in [-0.2, 0) is 15.3 Å². The Bertz CT molecular complexity index is 764. The number of methoxy groups -OCH3 is 1. The fourth-order valence-electron chi connectivity index (χ4n) is 3.10. The van der Waals surface area contributed by atoms with Crippen molar-refractivity contribution in [2.75, 3.05) is 26.0 Å². The molecule has 0 radical (unpaired) electrons. The SMILES string of the molecule is COC(=O)c1cccn1C1CCN(C(=O)CSCc2noc(C)n2)CC1. The molecule has 0 atom stereocenters. The maximum atomic E-state index is 12.4. The Morgan fingerprint density at radius 1 is 1.38 bits per heavy atom. The van der Waals surface area contributed by atoms with E-state index >= 15 is 0 Å². The molecule has 1 aliphatic rings. The van der Waals surface area contributed by atoms with Gasteiger partial charge < -0.3 is 18.7 Å². The number of hydrogen-bond donors (Lipinski definition) is 0. The molecule has 0 spiro atoms. The van der Waals surface area contributed by atoms with Gasteiger partial charge >= 0.3 is 5.97 Å². The normalized spacial score (nSPS) is 15.2. The van der Waals surface area contributed by atoms with Crippen molar-refractivity contribution in [2.45, 2.75) is 31.6 Å². The van der Waals surface area contributed by atoms with Crippen LogP contribution in [0.4, 0.5) is 0 Å². The van der Waals surface area contributed by atoms with E-state index in [1.807, 2.05) is 21.7 Å². The summed E-state index contributed by atoms with van der Waals surface area (Å²) in [6.07, 6.45) is 3.54. The van der Waals surface area contributed by atoms with Gasteiger partial charge in [0, 0.05) is 32.3 Å². The van der Waals surface area contributed by atoms with Gasteiger partial charge in [-0.25, -0.2) is 4.79 Å². The fraction of sp³-hybridized carbons (Fsp3) is 0.529. The van der Waals surface area contributed by atoms with Gasteiger partial charge in [0.2, 0.25) is 11.8 Å². The Kier molecular flexibility index (Phi) is 5.97. The number of esters is 1. The second-order valence-corrected chi connectivity index (χ2v) is 7.11. The van der Waals surface area contributed by atoms with Crippen molar-refractivity contribution in [3.8, 4) is 0 Å². The molecular formula is C17H22N4O4S. The molecule has 2 aromatic heterocycles. The number of thioether (sulfide) groups is 1. The van der Waals surface area contributed by atoms with E-state index in [1.54, 1.807) is 13.0 Å². The van der Waals surface area contributed by atoms with Crippen LogP contribution in [0, 0.1) is 6.92 Å². The molecule has 3 heterocycles. The van der Waals surface area contributed by atoms with Gasteiger partial charge in [0.25, 0.3) is 0 Å². The number of aromatic nitrogens is 3. The zero-order valence-corrected chi connectivity index (χ0v) is 15.7. The van der Waals surface area contributed by atoms with E-state index in [4.69, 9.17) is 9.26 Å². The second kappa shape index (κ2) is 8.39. The first kappa shape index (κ1) is 18.5. The highest BCUT2D eigenvalue weighted by molar-refractivity contribution is 7.99. The number of likely N-dealkylation sites (tertiary alicyclic amines) is 1. The lowest BCUT2D eigenvalue weighted by molar-refractivity contribution is -0.129. The van der Waals surface area contributed by atoms with Crippen LogP contribution in [0.15, 0.2) is 22.9 Å². The molecule has 2 aromatic rings. The lowest BCUT2D eigenvalue weighted by Crippen LogP contribution is -2.40. The molecule has 3 rings (SSSR count). The molecule has 1 amide bonds. The average Bonchev–Trinajstić information content (AvgIpc) is 3.30. The lowest BCUT2D eigenvalue weighted by atomic mass is 10.0. The summed E-state index contributed by atoms with van der Waals surface area (Å²) in [6, 6.07) is 3.82. The standard InChI is InChI=1S/C17H22N4O4S/c1-12-18-15(19-25-12)10-26-11-16(22)20-8-5-13(6-9-20)21-7-3-4-14(21)17(23)24-2/h3-4,7,13H,5-6,8-11H2,1-2H3. The highest BCUT2D eigenvalue weighted by Crippen LogP contribution is 2.25. The third-order valence-electron chi connectivity index (χ3n) is 4.41.